The second-order valence-electron chi connectivity index (χ2n) is 7.00. The van der Waals surface area contributed by atoms with Crippen molar-refractivity contribution >= 4 is 5.69 Å². The van der Waals surface area contributed by atoms with E-state index in [0.29, 0.717) is 17.6 Å². The molecule has 3 atom stereocenters. The van der Waals surface area contributed by atoms with Crippen molar-refractivity contribution in [1.82, 2.24) is 0 Å². The molecule has 3 unspecified atom stereocenters. The second kappa shape index (κ2) is 6.94. The predicted octanol–water partition coefficient (Wildman–Crippen LogP) is 5.02. The summed E-state index contributed by atoms with van der Waals surface area (Å²) in [4.78, 5) is 0. The Morgan fingerprint density at radius 3 is 2.88 bits per heavy atom. The Morgan fingerprint density at radius 2 is 2.08 bits per heavy atom. The van der Waals surface area contributed by atoms with Gasteiger partial charge in [-0.2, -0.15) is 0 Å². The SMILES string of the molecule is CCCOc1ccc2c(c1)C1C=CCC1C(c1ccc(O)c(OC)c1)N2. The molecule has 0 radical (unpaired) electrons. The van der Waals surface area contributed by atoms with Crippen LogP contribution in [0.1, 0.15) is 42.9 Å². The molecular formula is C22H25NO3. The lowest BCUT2D eigenvalue weighted by Crippen LogP contribution is -2.29. The summed E-state index contributed by atoms with van der Waals surface area (Å²) in [6.07, 6.45) is 6.63. The van der Waals surface area contributed by atoms with Crippen molar-refractivity contribution in [2.24, 2.45) is 5.92 Å². The molecule has 26 heavy (non-hydrogen) atoms. The molecular weight excluding hydrogens is 326 g/mol. The van der Waals surface area contributed by atoms with Crippen LogP contribution in [0.2, 0.25) is 0 Å². The maximum absolute atomic E-state index is 9.91. The van der Waals surface area contributed by atoms with E-state index in [9.17, 15) is 5.11 Å². The van der Waals surface area contributed by atoms with Gasteiger partial charge in [-0.05, 0) is 60.2 Å². The van der Waals surface area contributed by atoms with E-state index in [4.69, 9.17) is 9.47 Å². The van der Waals surface area contributed by atoms with Gasteiger partial charge in [-0.25, -0.2) is 0 Å². The number of methoxy groups -OCH3 is 1. The summed E-state index contributed by atoms with van der Waals surface area (Å²) >= 11 is 0. The number of anilines is 1. The van der Waals surface area contributed by atoms with Gasteiger partial charge in [0.2, 0.25) is 0 Å². The molecule has 0 amide bonds. The summed E-state index contributed by atoms with van der Waals surface area (Å²) in [7, 11) is 1.58. The Morgan fingerprint density at radius 1 is 1.19 bits per heavy atom. The fourth-order valence-corrected chi connectivity index (χ4v) is 4.10. The van der Waals surface area contributed by atoms with Gasteiger partial charge in [0.05, 0.1) is 19.8 Å². The lowest BCUT2D eigenvalue weighted by Gasteiger charge is -2.37. The Hall–Kier alpha value is -2.62. The molecule has 0 aromatic heterocycles. The minimum absolute atomic E-state index is 0.172. The monoisotopic (exact) mass is 351 g/mol. The average molecular weight is 351 g/mol. The standard InChI is InChI=1S/C22H25NO3/c1-3-11-26-15-8-9-19-18(13-15)16-5-4-6-17(16)22(23-19)14-7-10-20(24)21(12-14)25-2/h4-5,7-10,12-13,16-17,22-24H,3,6,11H2,1-2H3. The maximum atomic E-state index is 9.91. The minimum atomic E-state index is 0.172. The lowest BCUT2D eigenvalue weighted by atomic mass is 9.77. The van der Waals surface area contributed by atoms with Crippen LogP contribution in [-0.2, 0) is 0 Å². The van der Waals surface area contributed by atoms with E-state index in [1.54, 1.807) is 13.2 Å². The fraction of sp³-hybridized carbons (Fsp3) is 0.364. The van der Waals surface area contributed by atoms with Crippen molar-refractivity contribution in [3.63, 3.8) is 0 Å². The first-order valence-corrected chi connectivity index (χ1v) is 9.28. The van der Waals surface area contributed by atoms with Crippen LogP contribution in [0.5, 0.6) is 17.2 Å². The second-order valence-corrected chi connectivity index (χ2v) is 7.00. The van der Waals surface area contributed by atoms with Gasteiger partial charge in [-0.15, -0.1) is 0 Å². The quantitative estimate of drug-likeness (QED) is 0.743. The topological polar surface area (TPSA) is 50.7 Å². The number of rotatable bonds is 5. The van der Waals surface area contributed by atoms with Gasteiger partial charge in [-0.3, -0.25) is 0 Å². The molecule has 0 fully saturated rings. The molecule has 136 valence electrons. The molecule has 4 rings (SSSR count). The van der Waals surface area contributed by atoms with Gasteiger partial charge in [0.1, 0.15) is 5.75 Å². The molecule has 1 heterocycles. The number of benzene rings is 2. The lowest BCUT2D eigenvalue weighted by molar-refractivity contribution is 0.316. The van der Waals surface area contributed by atoms with Crippen molar-refractivity contribution in [2.45, 2.75) is 31.7 Å². The highest BCUT2D eigenvalue weighted by Crippen LogP contribution is 2.51. The third kappa shape index (κ3) is 2.90. The zero-order chi connectivity index (χ0) is 18.1. The molecule has 0 saturated carbocycles. The molecule has 2 N–H and O–H groups in total. The molecule has 0 bridgehead atoms. The largest absolute Gasteiger partial charge is 0.504 e. The van der Waals surface area contributed by atoms with Crippen LogP contribution in [0.25, 0.3) is 0 Å². The van der Waals surface area contributed by atoms with Crippen molar-refractivity contribution in [2.75, 3.05) is 19.0 Å². The van der Waals surface area contributed by atoms with Gasteiger partial charge in [0.25, 0.3) is 0 Å². The fourth-order valence-electron chi connectivity index (χ4n) is 4.10. The van der Waals surface area contributed by atoms with E-state index < -0.39 is 0 Å². The van der Waals surface area contributed by atoms with Crippen LogP contribution >= 0.6 is 0 Å². The first kappa shape index (κ1) is 16.8. The zero-order valence-corrected chi connectivity index (χ0v) is 15.2. The molecule has 1 aliphatic carbocycles. The third-order valence-electron chi connectivity index (χ3n) is 5.37. The summed E-state index contributed by atoms with van der Waals surface area (Å²) in [5.74, 6) is 2.45. The molecule has 2 aliphatic rings. The minimum Gasteiger partial charge on any atom is -0.504 e. The van der Waals surface area contributed by atoms with Gasteiger partial charge in [0, 0.05) is 11.6 Å². The van der Waals surface area contributed by atoms with Crippen LogP contribution in [-0.4, -0.2) is 18.8 Å². The number of ether oxygens (including phenoxy) is 2. The zero-order valence-electron chi connectivity index (χ0n) is 15.2. The normalized spacial score (nSPS) is 23.1. The number of hydrogen-bond donors (Lipinski definition) is 2. The van der Waals surface area contributed by atoms with Crippen LogP contribution in [0, 0.1) is 5.92 Å². The van der Waals surface area contributed by atoms with Crippen molar-refractivity contribution in [3.05, 3.63) is 59.7 Å². The number of allylic oxidation sites excluding steroid dienone is 2. The smallest absolute Gasteiger partial charge is 0.160 e. The first-order chi connectivity index (χ1) is 12.7. The Kier molecular flexibility index (Phi) is 4.49. The van der Waals surface area contributed by atoms with Gasteiger partial charge in [-0.1, -0.05) is 25.1 Å². The molecule has 4 heteroatoms. The summed E-state index contributed by atoms with van der Waals surface area (Å²) in [5.41, 5.74) is 3.59. The number of nitrogens with one attached hydrogen (secondary N) is 1. The third-order valence-corrected chi connectivity index (χ3v) is 5.37. The van der Waals surface area contributed by atoms with E-state index in [2.05, 4.69) is 36.5 Å². The Labute approximate surface area is 154 Å². The molecule has 1 aliphatic heterocycles. The highest BCUT2D eigenvalue weighted by molar-refractivity contribution is 5.62. The van der Waals surface area contributed by atoms with Gasteiger partial charge in [0.15, 0.2) is 11.5 Å². The predicted molar refractivity (Wildman–Crippen MR) is 103 cm³/mol. The van der Waals surface area contributed by atoms with E-state index >= 15 is 0 Å². The molecule has 2 aromatic carbocycles. The van der Waals surface area contributed by atoms with Crippen molar-refractivity contribution < 1.29 is 14.6 Å². The van der Waals surface area contributed by atoms with E-state index in [0.717, 1.165) is 36.4 Å². The summed E-state index contributed by atoms with van der Waals surface area (Å²) in [6.45, 7) is 2.86. The average Bonchev–Trinajstić information content (AvgIpc) is 3.16. The molecule has 2 aromatic rings. The highest BCUT2D eigenvalue weighted by Gasteiger charge is 2.38. The van der Waals surface area contributed by atoms with Crippen LogP contribution in [0.3, 0.4) is 0 Å². The van der Waals surface area contributed by atoms with E-state index in [1.807, 2.05) is 18.2 Å². The summed E-state index contributed by atoms with van der Waals surface area (Å²) in [5, 5.41) is 13.6. The van der Waals surface area contributed by atoms with E-state index in [-0.39, 0.29) is 11.8 Å². The van der Waals surface area contributed by atoms with Gasteiger partial charge < -0.3 is 19.9 Å². The number of aromatic hydroxyl groups is 1. The summed E-state index contributed by atoms with van der Waals surface area (Å²) < 4.78 is 11.1. The van der Waals surface area contributed by atoms with Crippen molar-refractivity contribution in [3.8, 4) is 17.2 Å². The van der Waals surface area contributed by atoms with Crippen LogP contribution in [0.15, 0.2) is 48.6 Å². The van der Waals surface area contributed by atoms with Crippen LogP contribution < -0.4 is 14.8 Å². The van der Waals surface area contributed by atoms with Gasteiger partial charge >= 0.3 is 0 Å². The number of phenols is 1. The first-order valence-electron chi connectivity index (χ1n) is 9.28. The Bertz CT molecular complexity index is 830. The summed E-state index contributed by atoms with van der Waals surface area (Å²) in [6, 6.07) is 12.1. The maximum Gasteiger partial charge on any atom is 0.160 e. The number of phenolic OH excluding ortho intramolecular Hbond substituents is 1. The molecule has 0 spiro atoms. The Balaban J connectivity index is 1.69. The van der Waals surface area contributed by atoms with Crippen molar-refractivity contribution in [1.29, 1.82) is 0 Å². The van der Waals surface area contributed by atoms with Crippen LogP contribution in [0.4, 0.5) is 5.69 Å². The molecule has 0 saturated heterocycles. The molecule has 4 nitrogen and oxygen atoms in total. The number of fused-ring (bicyclic) bond motifs is 3. The van der Waals surface area contributed by atoms with E-state index in [1.165, 1.54) is 5.56 Å². The highest BCUT2D eigenvalue weighted by atomic mass is 16.5. The number of hydrogen-bond acceptors (Lipinski definition) is 4.